The molecule has 1 aromatic carbocycles. The third-order valence-electron chi connectivity index (χ3n) is 2.30. The van der Waals surface area contributed by atoms with Gasteiger partial charge in [0.25, 0.3) is 0 Å². The minimum absolute atomic E-state index is 0.0628. The van der Waals surface area contributed by atoms with Crippen LogP contribution in [0.5, 0.6) is 11.5 Å². The predicted octanol–water partition coefficient (Wildman–Crippen LogP) is 1.43. The Bertz CT molecular complexity index is 452. The predicted molar refractivity (Wildman–Crippen MR) is 61.7 cm³/mol. The lowest BCUT2D eigenvalue weighted by atomic mass is 9.98. The summed E-state index contributed by atoms with van der Waals surface area (Å²) in [4.78, 5) is 10.9. The average molecular weight is 308 g/mol. The van der Waals surface area contributed by atoms with E-state index in [2.05, 4.69) is 15.9 Å². The number of phenols is 1. The van der Waals surface area contributed by atoms with E-state index in [1.54, 1.807) is 0 Å². The fourth-order valence-corrected chi connectivity index (χ4v) is 2.08. The molecule has 0 aromatic heterocycles. The van der Waals surface area contributed by atoms with E-state index < -0.39 is 17.7 Å². The van der Waals surface area contributed by atoms with Gasteiger partial charge in [0.15, 0.2) is 11.5 Å². The van der Waals surface area contributed by atoms with Crippen LogP contribution in [0.15, 0.2) is 10.5 Å². The molecule has 0 heterocycles. The van der Waals surface area contributed by atoms with Crippen LogP contribution < -0.4 is 10.5 Å². The van der Waals surface area contributed by atoms with Crippen molar-refractivity contribution in [3.05, 3.63) is 21.9 Å². The zero-order valence-electron chi connectivity index (χ0n) is 8.91. The summed E-state index contributed by atoms with van der Waals surface area (Å²) in [7, 11) is 1.26. The van der Waals surface area contributed by atoms with Crippen LogP contribution in [0.2, 0.25) is 0 Å². The van der Waals surface area contributed by atoms with E-state index in [9.17, 15) is 14.3 Å². The van der Waals surface area contributed by atoms with E-state index in [1.807, 2.05) is 0 Å². The molecular weight excluding hydrogens is 297 g/mol. The van der Waals surface area contributed by atoms with E-state index >= 15 is 0 Å². The fourth-order valence-electron chi connectivity index (χ4n) is 1.42. The normalized spacial score (nSPS) is 12.2. The van der Waals surface area contributed by atoms with Gasteiger partial charge in [-0.2, -0.15) is 0 Å². The summed E-state index contributed by atoms with van der Waals surface area (Å²) in [5.41, 5.74) is 5.09. The maximum absolute atomic E-state index is 13.7. The third-order valence-corrected chi connectivity index (χ3v) is 3.10. The molecule has 0 fully saturated rings. The van der Waals surface area contributed by atoms with Gasteiger partial charge in [0.2, 0.25) is 0 Å². The lowest BCUT2D eigenvalue weighted by Gasteiger charge is -2.16. The summed E-state index contributed by atoms with van der Waals surface area (Å²) < 4.78 is 18.4. The topological polar surface area (TPSA) is 92.8 Å². The average Bonchev–Trinajstić information content (AvgIpc) is 2.28. The number of methoxy groups -OCH3 is 1. The van der Waals surface area contributed by atoms with E-state index in [-0.39, 0.29) is 28.1 Å². The summed E-state index contributed by atoms with van der Waals surface area (Å²) >= 11 is 2.94. The van der Waals surface area contributed by atoms with Gasteiger partial charge in [0, 0.05) is 18.2 Å². The van der Waals surface area contributed by atoms with Crippen molar-refractivity contribution in [1.82, 2.24) is 0 Å². The largest absolute Gasteiger partial charge is 0.503 e. The monoisotopic (exact) mass is 307 g/mol. The standard InChI is InChI=1S/C10H11BrFNO4/c1-17-6-2-5(12)7(8(11)9(6)14)4(3-13)10(15)16/h2,4,14H,3,13H2,1H3,(H,15,16). The van der Waals surface area contributed by atoms with Crippen LogP contribution in [0.25, 0.3) is 0 Å². The molecule has 0 aliphatic heterocycles. The summed E-state index contributed by atoms with van der Waals surface area (Å²) in [5, 5.41) is 18.6. The summed E-state index contributed by atoms with van der Waals surface area (Å²) in [6, 6.07) is 0.918. The van der Waals surface area contributed by atoms with Gasteiger partial charge in [-0.05, 0) is 15.9 Å². The van der Waals surface area contributed by atoms with Gasteiger partial charge in [0.1, 0.15) is 5.82 Å². The molecule has 0 aliphatic rings. The fraction of sp³-hybridized carbons (Fsp3) is 0.300. The van der Waals surface area contributed by atoms with E-state index in [1.165, 1.54) is 7.11 Å². The molecule has 94 valence electrons. The minimum atomic E-state index is -1.27. The number of benzene rings is 1. The van der Waals surface area contributed by atoms with Crippen LogP contribution in [0.4, 0.5) is 4.39 Å². The molecule has 1 unspecified atom stereocenters. The molecule has 4 N–H and O–H groups in total. The Morgan fingerprint density at radius 2 is 2.29 bits per heavy atom. The number of carboxylic acid groups (broad SMARTS) is 1. The molecule has 0 saturated carbocycles. The van der Waals surface area contributed by atoms with Crippen molar-refractivity contribution in [1.29, 1.82) is 0 Å². The van der Waals surface area contributed by atoms with Gasteiger partial charge in [-0.3, -0.25) is 4.79 Å². The molecule has 0 aliphatic carbocycles. The third kappa shape index (κ3) is 2.50. The number of rotatable bonds is 4. The van der Waals surface area contributed by atoms with Gasteiger partial charge < -0.3 is 20.7 Å². The van der Waals surface area contributed by atoms with Crippen LogP contribution in [-0.2, 0) is 4.79 Å². The van der Waals surface area contributed by atoms with Crippen LogP contribution in [0.1, 0.15) is 11.5 Å². The number of ether oxygens (including phenoxy) is 1. The summed E-state index contributed by atoms with van der Waals surface area (Å²) in [5.74, 6) is -3.75. The molecule has 0 saturated heterocycles. The van der Waals surface area contributed by atoms with Gasteiger partial charge in [-0.25, -0.2) is 4.39 Å². The molecule has 1 rings (SSSR count). The number of nitrogens with two attached hydrogens (primary N) is 1. The number of carbonyl (C=O) groups is 1. The lowest BCUT2D eigenvalue weighted by Crippen LogP contribution is -2.22. The molecule has 1 aromatic rings. The van der Waals surface area contributed by atoms with Crippen molar-refractivity contribution >= 4 is 21.9 Å². The van der Waals surface area contributed by atoms with Crippen molar-refractivity contribution in [3.8, 4) is 11.5 Å². The van der Waals surface area contributed by atoms with Crippen molar-refractivity contribution in [3.63, 3.8) is 0 Å². The van der Waals surface area contributed by atoms with Crippen molar-refractivity contribution in [2.75, 3.05) is 13.7 Å². The second kappa shape index (κ2) is 5.33. The van der Waals surface area contributed by atoms with Crippen LogP contribution in [0, 0.1) is 5.82 Å². The Morgan fingerprint density at radius 1 is 1.71 bits per heavy atom. The molecule has 7 heteroatoms. The van der Waals surface area contributed by atoms with Crippen molar-refractivity contribution in [2.45, 2.75) is 5.92 Å². The van der Waals surface area contributed by atoms with E-state index in [0.717, 1.165) is 6.07 Å². The number of hydrogen-bond donors (Lipinski definition) is 3. The Balaban J connectivity index is 3.44. The Hall–Kier alpha value is -1.34. The smallest absolute Gasteiger partial charge is 0.312 e. The number of aliphatic carboxylic acids is 1. The first-order valence-corrected chi connectivity index (χ1v) is 5.41. The number of aromatic hydroxyl groups is 1. The molecule has 0 radical (unpaired) electrons. The first kappa shape index (κ1) is 13.7. The Morgan fingerprint density at radius 3 is 2.71 bits per heavy atom. The Kier molecular flexibility index (Phi) is 4.30. The molecule has 1 atom stereocenters. The molecule has 0 bridgehead atoms. The first-order chi connectivity index (χ1) is 7.93. The van der Waals surface area contributed by atoms with Crippen molar-refractivity contribution < 1.29 is 24.1 Å². The van der Waals surface area contributed by atoms with Crippen LogP contribution >= 0.6 is 15.9 Å². The van der Waals surface area contributed by atoms with Crippen molar-refractivity contribution in [2.24, 2.45) is 5.73 Å². The van der Waals surface area contributed by atoms with Gasteiger partial charge in [0.05, 0.1) is 17.5 Å². The van der Waals surface area contributed by atoms with Gasteiger partial charge in [-0.15, -0.1) is 0 Å². The van der Waals surface area contributed by atoms with Gasteiger partial charge in [-0.1, -0.05) is 0 Å². The minimum Gasteiger partial charge on any atom is -0.503 e. The molecule has 5 nitrogen and oxygen atoms in total. The van der Waals surface area contributed by atoms with Crippen LogP contribution in [0.3, 0.4) is 0 Å². The first-order valence-electron chi connectivity index (χ1n) is 4.61. The molecular formula is C10H11BrFNO4. The van der Waals surface area contributed by atoms with E-state index in [0.29, 0.717) is 0 Å². The molecule has 0 spiro atoms. The summed E-state index contributed by atoms with van der Waals surface area (Å²) in [6.07, 6.45) is 0. The second-order valence-electron chi connectivity index (χ2n) is 3.26. The SMILES string of the molecule is COc1cc(F)c(C(CN)C(=O)O)c(Br)c1O. The van der Waals surface area contributed by atoms with E-state index in [4.69, 9.17) is 15.6 Å². The zero-order valence-corrected chi connectivity index (χ0v) is 10.5. The second-order valence-corrected chi connectivity index (χ2v) is 4.06. The maximum Gasteiger partial charge on any atom is 0.312 e. The highest BCUT2D eigenvalue weighted by Crippen LogP contribution is 2.41. The lowest BCUT2D eigenvalue weighted by molar-refractivity contribution is -0.138. The molecule has 17 heavy (non-hydrogen) atoms. The maximum atomic E-state index is 13.7. The highest BCUT2D eigenvalue weighted by molar-refractivity contribution is 9.10. The summed E-state index contributed by atoms with van der Waals surface area (Å²) in [6.45, 7) is -0.281. The quantitative estimate of drug-likeness (QED) is 0.782. The molecule has 0 amide bonds. The van der Waals surface area contributed by atoms with Crippen LogP contribution in [-0.4, -0.2) is 29.8 Å². The highest BCUT2D eigenvalue weighted by atomic mass is 79.9. The number of carboxylic acids is 1. The number of phenolic OH excluding ortho intramolecular Hbond substituents is 1. The highest BCUT2D eigenvalue weighted by Gasteiger charge is 2.27. The Labute approximate surface area is 105 Å². The van der Waals surface area contributed by atoms with Gasteiger partial charge >= 0.3 is 5.97 Å². The number of hydrogen-bond acceptors (Lipinski definition) is 4. The number of halogens is 2. The zero-order chi connectivity index (χ0) is 13.2.